The number of nitrogens with one attached hydrogen (secondary N) is 1. The summed E-state index contributed by atoms with van der Waals surface area (Å²) in [7, 11) is 1.65. The summed E-state index contributed by atoms with van der Waals surface area (Å²) in [5, 5.41) is 3.31. The SMILES string of the molecule is COc1cccnc1NC1CC(N)C1. The highest BCUT2D eigenvalue weighted by Gasteiger charge is 2.26. The first-order valence-corrected chi connectivity index (χ1v) is 4.80. The summed E-state index contributed by atoms with van der Waals surface area (Å²) >= 11 is 0. The van der Waals surface area contributed by atoms with Gasteiger partial charge < -0.3 is 15.8 Å². The monoisotopic (exact) mass is 193 g/mol. The first-order valence-electron chi connectivity index (χ1n) is 4.80. The van der Waals surface area contributed by atoms with Gasteiger partial charge in [0.25, 0.3) is 0 Å². The van der Waals surface area contributed by atoms with Crippen LogP contribution in [0.2, 0.25) is 0 Å². The van der Waals surface area contributed by atoms with Gasteiger partial charge in [-0.2, -0.15) is 0 Å². The van der Waals surface area contributed by atoms with Crippen molar-refractivity contribution in [3.8, 4) is 5.75 Å². The normalized spacial score (nSPS) is 25.3. The summed E-state index contributed by atoms with van der Waals surface area (Å²) in [6, 6.07) is 4.56. The molecule has 1 saturated carbocycles. The minimum Gasteiger partial charge on any atom is -0.493 e. The molecule has 1 heterocycles. The number of hydrogen-bond donors (Lipinski definition) is 2. The lowest BCUT2D eigenvalue weighted by Crippen LogP contribution is -2.44. The van der Waals surface area contributed by atoms with E-state index in [4.69, 9.17) is 10.5 Å². The number of nitrogens with zero attached hydrogens (tertiary/aromatic N) is 1. The van der Waals surface area contributed by atoms with Crippen LogP contribution in [-0.4, -0.2) is 24.2 Å². The van der Waals surface area contributed by atoms with Crippen LogP contribution in [0, 0.1) is 0 Å². The van der Waals surface area contributed by atoms with Crippen molar-refractivity contribution in [3.05, 3.63) is 18.3 Å². The van der Waals surface area contributed by atoms with Crippen LogP contribution in [0.1, 0.15) is 12.8 Å². The fourth-order valence-electron chi connectivity index (χ4n) is 1.64. The van der Waals surface area contributed by atoms with E-state index in [-0.39, 0.29) is 0 Å². The molecule has 1 aromatic heterocycles. The molecule has 0 aromatic carbocycles. The summed E-state index contributed by atoms with van der Waals surface area (Å²) in [5.74, 6) is 1.60. The number of aromatic nitrogens is 1. The smallest absolute Gasteiger partial charge is 0.168 e. The van der Waals surface area contributed by atoms with E-state index in [1.165, 1.54) is 0 Å². The van der Waals surface area contributed by atoms with Gasteiger partial charge >= 0.3 is 0 Å². The largest absolute Gasteiger partial charge is 0.493 e. The zero-order chi connectivity index (χ0) is 9.97. The van der Waals surface area contributed by atoms with Gasteiger partial charge in [0.05, 0.1) is 7.11 Å². The number of methoxy groups -OCH3 is 1. The molecule has 1 aliphatic rings. The predicted molar refractivity (Wildman–Crippen MR) is 55.4 cm³/mol. The van der Waals surface area contributed by atoms with E-state index in [0.717, 1.165) is 24.4 Å². The second kappa shape index (κ2) is 3.84. The Morgan fingerprint density at radius 2 is 2.36 bits per heavy atom. The number of ether oxygens (including phenoxy) is 1. The van der Waals surface area contributed by atoms with Gasteiger partial charge in [-0.3, -0.25) is 0 Å². The van der Waals surface area contributed by atoms with E-state index in [0.29, 0.717) is 12.1 Å². The van der Waals surface area contributed by atoms with Gasteiger partial charge in [-0.25, -0.2) is 4.98 Å². The van der Waals surface area contributed by atoms with Gasteiger partial charge in [-0.1, -0.05) is 0 Å². The molecule has 0 spiro atoms. The van der Waals surface area contributed by atoms with Crippen LogP contribution in [0.5, 0.6) is 5.75 Å². The third-order valence-electron chi connectivity index (χ3n) is 2.51. The maximum atomic E-state index is 5.70. The molecular formula is C10H15N3O. The van der Waals surface area contributed by atoms with Crippen LogP contribution < -0.4 is 15.8 Å². The van der Waals surface area contributed by atoms with Gasteiger partial charge in [0.1, 0.15) is 0 Å². The topological polar surface area (TPSA) is 60.2 Å². The Labute approximate surface area is 83.5 Å². The molecule has 76 valence electrons. The Morgan fingerprint density at radius 3 is 3.00 bits per heavy atom. The van der Waals surface area contributed by atoms with Crippen LogP contribution in [0.25, 0.3) is 0 Å². The first-order chi connectivity index (χ1) is 6.79. The minimum absolute atomic E-state index is 0.349. The van der Waals surface area contributed by atoms with Gasteiger partial charge in [0.15, 0.2) is 11.6 Å². The maximum absolute atomic E-state index is 5.70. The Kier molecular flexibility index (Phi) is 2.54. The third kappa shape index (κ3) is 1.80. The van der Waals surface area contributed by atoms with Crippen molar-refractivity contribution in [1.82, 2.24) is 4.98 Å². The molecule has 0 atom stereocenters. The van der Waals surface area contributed by atoms with Gasteiger partial charge in [0.2, 0.25) is 0 Å². The predicted octanol–water partition coefficient (Wildman–Crippen LogP) is 0.992. The quantitative estimate of drug-likeness (QED) is 0.751. The van der Waals surface area contributed by atoms with Crippen molar-refractivity contribution in [3.63, 3.8) is 0 Å². The van der Waals surface area contributed by atoms with Crippen molar-refractivity contribution in [2.24, 2.45) is 5.73 Å². The van der Waals surface area contributed by atoms with Gasteiger partial charge in [0, 0.05) is 18.3 Å². The molecule has 0 amide bonds. The number of hydrogen-bond acceptors (Lipinski definition) is 4. The van der Waals surface area contributed by atoms with E-state index in [1.54, 1.807) is 13.3 Å². The molecule has 0 radical (unpaired) electrons. The lowest BCUT2D eigenvalue weighted by atomic mass is 9.88. The molecule has 4 nitrogen and oxygen atoms in total. The molecule has 2 rings (SSSR count). The van der Waals surface area contributed by atoms with Crippen molar-refractivity contribution in [2.45, 2.75) is 24.9 Å². The number of pyridine rings is 1. The average Bonchev–Trinajstić information content (AvgIpc) is 2.16. The molecule has 0 unspecified atom stereocenters. The molecular weight excluding hydrogens is 178 g/mol. The molecule has 0 saturated heterocycles. The number of rotatable bonds is 3. The first kappa shape index (κ1) is 9.27. The second-order valence-electron chi connectivity index (χ2n) is 3.63. The van der Waals surface area contributed by atoms with E-state index < -0.39 is 0 Å². The van der Waals surface area contributed by atoms with E-state index in [2.05, 4.69) is 10.3 Å². The van der Waals surface area contributed by atoms with E-state index in [9.17, 15) is 0 Å². The lowest BCUT2D eigenvalue weighted by Gasteiger charge is -2.33. The van der Waals surface area contributed by atoms with Crippen molar-refractivity contribution < 1.29 is 4.74 Å². The van der Waals surface area contributed by atoms with E-state index >= 15 is 0 Å². The molecule has 1 aromatic rings. The molecule has 0 aliphatic heterocycles. The fourth-order valence-corrected chi connectivity index (χ4v) is 1.64. The zero-order valence-corrected chi connectivity index (χ0v) is 8.23. The van der Waals surface area contributed by atoms with Crippen LogP contribution in [0.4, 0.5) is 5.82 Å². The summed E-state index contributed by atoms with van der Waals surface area (Å²) in [6.45, 7) is 0. The standard InChI is InChI=1S/C10H15N3O/c1-14-9-3-2-4-12-10(9)13-8-5-7(11)6-8/h2-4,7-8H,5-6,11H2,1H3,(H,12,13). The Bertz CT molecular complexity index is 310. The molecule has 1 fully saturated rings. The van der Waals surface area contributed by atoms with Crippen molar-refractivity contribution >= 4 is 5.82 Å². The molecule has 1 aliphatic carbocycles. The second-order valence-corrected chi connectivity index (χ2v) is 3.63. The molecule has 3 N–H and O–H groups in total. The van der Waals surface area contributed by atoms with Crippen molar-refractivity contribution in [2.75, 3.05) is 12.4 Å². The van der Waals surface area contributed by atoms with Crippen molar-refractivity contribution in [1.29, 1.82) is 0 Å². The Balaban J connectivity index is 2.01. The summed E-state index contributed by atoms with van der Waals surface area (Å²) in [6.07, 6.45) is 3.78. The molecule has 4 heteroatoms. The van der Waals surface area contributed by atoms with Crippen LogP contribution in [-0.2, 0) is 0 Å². The summed E-state index contributed by atoms with van der Waals surface area (Å²) in [5.41, 5.74) is 5.70. The highest BCUT2D eigenvalue weighted by Crippen LogP contribution is 2.26. The molecule has 14 heavy (non-hydrogen) atoms. The zero-order valence-electron chi connectivity index (χ0n) is 8.23. The fraction of sp³-hybridized carbons (Fsp3) is 0.500. The highest BCUT2D eigenvalue weighted by molar-refractivity contribution is 5.50. The van der Waals surface area contributed by atoms with Gasteiger partial charge in [-0.05, 0) is 25.0 Å². The van der Waals surface area contributed by atoms with Gasteiger partial charge in [-0.15, -0.1) is 0 Å². The molecule has 0 bridgehead atoms. The Hall–Kier alpha value is -1.29. The highest BCUT2D eigenvalue weighted by atomic mass is 16.5. The number of anilines is 1. The third-order valence-corrected chi connectivity index (χ3v) is 2.51. The van der Waals surface area contributed by atoms with E-state index in [1.807, 2.05) is 12.1 Å². The summed E-state index contributed by atoms with van der Waals surface area (Å²) < 4.78 is 5.19. The number of nitrogens with two attached hydrogens (primary N) is 1. The maximum Gasteiger partial charge on any atom is 0.168 e. The average molecular weight is 193 g/mol. The minimum atomic E-state index is 0.349. The van der Waals surface area contributed by atoms with Crippen LogP contribution in [0.3, 0.4) is 0 Å². The summed E-state index contributed by atoms with van der Waals surface area (Å²) in [4.78, 5) is 4.22. The lowest BCUT2D eigenvalue weighted by molar-refractivity contribution is 0.368. The Morgan fingerprint density at radius 1 is 1.57 bits per heavy atom. The van der Waals surface area contributed by atoms with Crippen LogP contribution in [0.15, 0.2) is 18.3 Å². The van der Waals surface area contributed by atoms with Crippen LogP contribution >= 0.6 is 0 Å².